The lowest BCUT2D eigenvalue weighted by Gasteiger charge is -2.34. The van der Waals surface area contributed by atoms with Crippen molar-refractivity contribution in [1.29, 1.82) is 0 Å². The fraction of sp³-hybridized carbons (Fsp3) is 0.348. The summed E-state index contributed by atoms with van der Waals surface area (Å²) in [6.45, 7) is 5.67. The standard InChI is InChI=1S/C23H30N8/c1-29-13-15-31(16-14-29)20-6-4-19(5-7-20)27-23-25-11-9-21(28-23)18-3-8-22(26-17-18)30(2)12-10-24/h3-9,11,17H,10,12-16,24H2,1-2H3,(H,25,27,28). The second-order valence-electron chi connectivity index (χ2n) is 7.84. The van der Waals surface area contributed by atoms with Gasteiger partial charge in [0, 0.05) is 75.6 Å². The third-order valence-corrected chi connectivity index (χ3v) is 5.55. The molecule has 8 heteroatoms. The molecule has 1 aliphatic rings. The van der Waals surface area contributed by atoms with Crippen LogP contribution < -0.4 is 20.9 Å². The number of nitrogens with zero attached hydrogens (tertiary/aromatic N) is 6. The zero-order valence-corrected chi connectivity index (χ0v) is 18.2. The van der Waals surface area contributed by atoms with Gasteiger partial charge in [-0.15, -0.1) is 0 Å². The summed E-state index contributed by atoms with van der Waals surface area (Å²) in [6, 6.07) is 14.3. The van der Waals surface area contributed by atoms with Crippen LogP contribution in [-0.4, -0.2) is 73.2 Å². The number of hydrogen-bond acceptors (Lipinski definition) is 8. The minimum atomic E-state index is 0.564. The highest BCUT2D eigenvalue weighted by Crippen LogP contribution is 2.23. The lowest BCUT2D eigenvalue weighted by Crippen LogP contribution is -2.44. The Morgan fingerprint density at radius 3 is 2.45 bits per heavy atom. The number of pyridine rings is 1. The fourth-order valence-corrected chi connectivity index (χ4v) is 3.60. The summed E-state index contributed by atoms with van der Waals surface area (Å²) in [5.74, 6) is 1.45. The van der Waals surface area contributed by atoms with Gasteiger partial charge in [-0.2, -0.15) is 0 Å². The van der Waals surface area contributed by atoms with Crippen LogP contribution in [-0.2, 0) is 0 Å². The summed E-state index contributed by atoms with van der Waals surface area (Å²) in [4.78, 5) is 20.4. The summed E-state index contributed by atoms with van der Waals surface area (Å²) >= 11 is 0. The number of aromatic nitrogens is 3. The zero-order chi connectivity index (χ0) is 21.6. The highest BCUT2D eigenvalue weighted by Gasteiger charge is 2.14. The molecule has 2 aromatic heterocycles. The van der Waals surface area contributed by atoms with Crippen molar-refractivity contribution in [2.75, 3.05) is 68.5 Å². The van der Waals surface area contributed by atoms with Crippen molar-refractivity contribution in [3.05, 3.63) is 54.9 Å². The minimum Gasteiger partial charge on any atom is -0.369 e. The molecule has 3 heterocycles. The molecule has 8 nitrogen and oxygen atoms in total. The van der Waals surface area contributed by atoms with Gasteiger partial charge in [0.1, 0.15) is 5.82 Å². The van der Waals surface area contributed by atoms with Crippen molar-refractivity contribution < 1.29 is 0 Å². The lowest BCUT2D eigenvalue weighted by molar-refractivity contribution is 0.313. The maximum atomic E-state index is 5.62. The maximum absolute atomic E-state index is 5.62. The molecule has 3 aromatic rings. The Kier molecular flexibility index (Phi) is 6.59. The molecule has 0 amide bonds. The molecule has 0 saturated carbocycles. The van der Waals surface area contributed by atoms with E-state index in [-0.39, 0.29) is 0 Å². The summed E-state index contributed by atoms with van der Waals surface area (Å²) < 4.78 is 0. The molecule has 0 aliphatic carbocycles. The second kappa shape index (κ2) is 9.72. The molecule has 1 saturated heterocycles. The van der Waals surface area contributed by atoms with Gasteiger partial charge in [0.25, 0.3) is 0 Å². The van der Waals surface area contributed by atoms with E-state index < -0.39 is 0 Å². The Hall–Kier alpha value is -3.23. The van der Waals surface area contributed by atoms with Gasteiger partial charge in [0.05, 0.1) is 5.69 Å². The monoisotopic (exact) mass is 418 g/mol. The summed E-state index contributed by atoms with van der Waals surface area (Å²) in [5, 5.41) is 3.31. The van der Waals surface area contributed by atoms with Gasteiger partial charge < -0.3 is 25.8 Å². The summed E-state index contributed by atoms with van der Waals surface area (Å²) in [7, 11) is 4.15. The largest absolute Gasteiger partial charge is 0.369 e. The minimum absolute atomic E-state index is 0.564. The Bertz CT molecular complexity index is 966. The molecule has 0 bridgehead atoms. The zero-order valence-electron chi connectivity index (χ0n) is 18.2. The quantitative estimate of drug-likeness (QED) is 0.605. The maximum Gasteiger partial charge on any atom is 0.227 e. The molecule has 4 rings (SSSR count). The Labute approximate surface area is 183 Å². The van der Waals surface area contributed by atoms with Crippen molar-refractivity contribution >= 4 is 23.1 Å². The number of rotatable bonds is 7. The van der Waals surface area contributed by atoms with Crippen LogP contribution in [0.2, 0.25) is 0 Å². The molecule has 1 aromatic carbocycles. The first-order valence-electron chi connectivity index (χ1n) is 10.6. The number of likely N-dealkylation sites (N-methyl/N-ethyl adjacent to an activating group) is 2. The summed E-state index contributed by atoms with van der Waals surface area (Å²) in [6.07, 6.45) is 3.59. The van der Waals surface area contributed by atoms with E-state index in [9.17, 15) is 0 Å². The highest BCUT2D eigenvalue weighted by atomic mass is 15.2. The fourth-order valence-electron chi connectivity index (χ4n) is 3.60. The Morgan fingerprint density at radius 2 is 1.77 bits per heavy atom. The second-order valence-corrected chi connectivity index (χ2v) is 7.84. The van der Waals surface area contributed by atoms with Gasteiger partial charge in [-0.1, -0.05) is 0 Å². The van der Waals surface area contributed by atoms with Crippen molar-refractivity contribution in [3.8, 4) is 11.3 Å². The van der Waals surface area contributed by atoms with Crippen LogP contribution in [0.25, 0.3) is 11.3 Å². The van der Waals surface area contributed by atoms with Crippen LogP contribution in [0, 0.1) is 0 Å². The number of anilines is 4. The van der Waals surface area contributed by atoms with Crippen LogP contribution in [0.15, 0.2) is 54.9 Å². The molecule has 0 spiro atoms. The van der Waals surface area contributed by atoms with Gasteiger partial charge in [0.15, 0.2) is 0 Å². The predicted octanol–water partition coefficient (Wildman–Crippen LogP) is 2.43. The van der Waals surface area contributed by atoms with E-state index in [1.165, 1.54) is 5.69 Å². The normalized spacial score (nSPS) is 14.5. The lowest BCUT2D eigenvalue weighted by atomic mass is 10.2. The number of nitrogens with two attached hydrogens (primary N) is 1. The van der Waals surface area contributed by atoms with Crippen molar-refractivity contribution in [2.24, 2.45) is 5.73 Å². The average Bonchev–Trinajstić information content (AvgIpc) is 2.81. The van der Waals surface area contributed by atoms with Gasteiger partial charge in [-0.3, -0.25) is 0 Å². The third-order valence-electron chi connectivity index (χ3n) is 5.55. The average molecular weight is 419 g/mol. The molecule has 0 unspecified atom stereocenters. The number of hydrogen-bond donors (Lipinski definition) is 2. The van der Waals surface area contributed by atoms with Gasteiger partial charge in [-0.05, 0) is 49.5 Å². The van der Waals surface area contributed by atoms with Crippen molar-refractivity contribution in [1.82, 2.24) is 19.9 Å². The van der Waals surface area contributed by atoms with E-state index in [0.29, 0.717) is 12.5 Å². The van der Waals surface area contributed by atoms with Crippen LogP contribution in [0.4, 0.5) is 23.1 Å². The smallest absolute Gasteiger partial charge is 0.227 e. The van der Waals surface area contributed by atoms with E-state index in [4.69, 9.17) is 5.73 Å². The molecule has 162 valence electrons. The Morgan fingerprint density at radius 1 is 1.00 bits per heavy atom. The number of nitrogens with one attached hydrogen (secondary N) is 1. The SMILES string of the molecule is CN1CCN(c2ccc(Nc3nccc(-c4ccc(N(C)CCN)nc4)n3)cc2)CC1. The topological polar surface area (TPSA) is 86.4 Å². The molecule has 1 fully saturated rings. The summed E-state index contributed by atoms with van der Waals surface area (Å²) in [5.41, 5.74) is 9.61. The van der Waals surface area contributed by atoms with E-state index in [0.717, 1.165) is 55.5 Å². The molecular weight excluding hydrogens is 388 g/mol. The number of piperazine rings is 1. The first kappa shape index (κ1) is 21.0. The van der Waals surface area contributed by atoms with E-state index >= 15 is 0 Å². The first-order valence-corrected chi connectivity index (χ1v) is 10.6. The molecule has 0 atom stereocenters. The van der Waals surface area contributed by atoms with Gasteiger partial charge >= 0.3 is 0 Å². The molecule has 1 aliphatic heterocycles. The van der Waals surface area contributed by atoms with E-state index in [1.807, 2.05) is 36.3 Å². The molecule has 0 radical (unpaired) electrons. The predicted molar refractivity (Wildman–Crippen MR) is 127 cm³/mol. The van der Waals surface area contributed by atoms with Crippen molar-refractivity contribution in [3.63, 3.8) is 0 Å². The van der Waals surface area contributed by atoms with Crippen LogP contribution >= 0.6 is 0 Å². The molecule has 31 heavy (non-hydrogen) atoms. The van der Waals surface area contributed by atoms with Gasteiger partial charge in [0.2, 0.25) is 5.95 Å². The highest BCUT2D eigenvalue weighted by molar-refractivity contribution is 5.64. The van der Waals surface area contributed by atoms with Gasteiger partial charge in [-0.25, -0.2) is 15.0 Å². The number of benzene rings is 1. The van der Waals surface area contributed by atoms with Crippen LogP contribution in [0.1, 0.15) is 0 Å². The van der Waals surface area contributed by atoms with Crippen LogP contribution in [0.5, 0.6) is 0 Å². The van der Waals surface area contributed by atoms with E-state index in [1.54, 1.807) is 6.20 Å². The van der Waals surface area contributed by atoms with E-state index in [2.05, 4.69) is 61.4 Å². The third kappa shape index (κ3) is 5.28. The van der Waals surface area contributed by atoms with Crippen LogP contribution in [0.3, 0.4) is 0 Å². The van der Waals surface area contributed by atoms with Crippen molar-refractivity contribution in [2.45, 2.75) is 0 Å². The molecular formula is C23H30N8. The Balaban J connectivity index is 1.43. The molecule has 3 N–H and O–H groups in total. The first-order chi connectivity index (χ1) is 15.1.